The van der Waals surface area contributed by atoms with Gasteiger partial charge in [0.05, 0.1) is 19.3 Å². The van der Waals surface area contributed by atoms with Crippen molar-refractivity contribution in [3.8, 4) is 0 Å². The maximum atomic E-state index is 5.84. The SMILES string of the molecule is Cc1oc(CN)cc1CN1CCOC2CCCC21. The Morgan fingerprint density at radius 2 is 2.33 bits per heavy atom. The molecule has 1 aromatic rings. The van der Waals surface area contributed by atoms with Crippen LogP contribution in [0.1, 0.15) is 36.3 Å². The summed E-state index contributed by atoms with van der Waals surface area (Å²) in [4.78, 5) is 2.55. The second kappa shape index (κ2) is 5.03. The van der Waals surface area contributed by atoms with Crippen LogP contribution in [-0.4, -0.2) is 30.2 Å². The molecule has 1 saturated carbocycles. The Hall–Kier alpha value is -0.840. The Kier molecular flexibility index (Phi) is 3.41. The molecule has 100 valence electrons. The Bertz CT molecular complexity index is 416. The van der Waals surface area contributed by atoms with E-state index >= 15 is 0 Å². The average Bonchev–Trinajstić information content (AvgIpc) is 2.97. The van der Waals surface area contributed by atoms with E-state index in [0.717, 1.165) is 31.2 Å². The Morgan fingerprint density at radius 3 is 3.11 bits per heavy atom. The predicted octanol–water partition coefficient (Wildman–Crippen LogP) is 1.80. The molecule has 1 aliphatic heterocycles. The second-order valence-electron chi connectivity index (χ2n) is 5.38. The second-order valence-corrected chi connectivity index (χ2v) is 5.38. The number of hydrogen-bond donors (Lipinski definition) is 1. The van der Waals surface area contributed by atoms with Crippen molar-refractivity contribution in [1.29, 1.82) is 0 Å². The first-order valence-corrected chi connectivity index (χ1v) is 6.92. The van der Waals surface area contributed by atoms with Gasteiger partial charge in [-0.05, 0) is 32.3 Å². The molecule has 1 aliphatic carbocycles. The summed E-state index contributed by atoms with van der Waals surface area (Å²) in [6, 6.07) is 2.71. The van der Waals surface area contributed by atoms with Crippen LogP contribution < -0.4 is 5.73 Å². The molecule has 0 radical (unpaired) electrons. The molecular weight excluding hydrogens is 228 g/mol. The number of nitrogens with two attached hydrogens (primary N) is 1. The minimum absolute atomic E-state index is 0.458. The largest absolute Gasteiger partial charge is 0.465 e. The van der Waals surface area contributed by atoms with Gasteiger partial charge < -0.3 is 14.9 Å². The minimum atomic E-state index is 0.458. The van der Waals surface area contributed by atoms with Crippen LogP contribution in [0.15, 0.2) is 10.5 Å². The summed E-state index contributed by atoms with van der Waals surface area (Å²) in [5, 5.41) is 0. The lowest BCUT2D eigenvalue weighted by Gasteiger charge is -2.37. The van der Waals surface area contributed by atoms with E-state index in [-0.39, 0.29) is 0 Å². The first kappa shape index (κ1) is 12.2. The van der Waals surface area contributed by atoms with E-state index in [9.17, 15) is 0 Å². The zero-order chi connectivity index (χ0) is 12.5. The Balaban J connectivity index is 1.72. The molecule has 3 rings (SSSR count). The highest BCUT2D eigenvalue weighted by molar-refractivity contribution is 5.21. The Morgan fingerprint density at radius 1 is 1.44 bits per heavy atom. The molecule has 2 unspecified atom stereocenters. The van der Waals surface area contributed by atoms with Gasteiger partial charge >= 0.3 is 0 Å². The highest BCUT2D eigenvalue weighted by Crippen LogP contribution is 2.31. The van der Waals surface area contributed by atoms with E-state index in [1.165, 1.54) is 24.8 Å². The van der Waals surface area contributed by atoms with Crippen LogP contribution in [-0.2, 0) is 17.8 Å². The fraction of sp³-hybridized carbons (Fsp3) is 0.714. The number of nitrogens with zero attached hydrogens (tertiary/aromatic N) is 1. The first-order valence-electron chi connectivity index (χ1n) is 6.92. The monoisotopic (exact) mass is 250 g/mol. The van der Waals surface area contributed by atoms with Gasteiger partial charge in [-0.15, -0.1) is 0 Å². The van der Waals surface area contributed by atoms with E-state index in [4.69, 9.17) is 14.9 Å². The molecule has 4 heteroatoms. The van der Waals surface area contributed by atoms with E-state index < -0.39 is 0 Å². The van der Waals surface area contributed by atoms with Gasteiger partial charge in [0.1, 0.15) is 11.5 Å². The Labute approximate surface area is 108 Å². The number of ether oxygens (including phenoxy) is 1. The van der Waals surface area contributed by atoms with Crippen molar-refractivity contribution < 1.29 is 9.15 Å². The third kappa shape index (κ3) is 2.20. The number of aryl methyl sites for hydroxylation is 1. The van der Waals surface area contributed by atoms with Gasteiger partial charge in [0.25, 0.3) is 0 Å². The fourth-order valence-corrected chi connectivity index (χ4v) is 3.27. The van der Waals surface area contributed by atoms with E-state index in [0.29, 0.717) is 18.7 Å². The summed E-state index contributed by atoms with van der Waals surface area (Å²) in [5.74, 6) is 1.90. The lowest BCUT2D eigenvalue weighted by atomic mass is 10.1. The third-order valence-electron chi connectivity index (χ3n) is 4.24. The molecule has 2 heterocycles. The van der Waals surface area contributed by atoms with Gasteiger partial charge in [-0.1, -0.05) is 0 Å². The maximum absolute atomic E-state index is 5.84. The molecule has 2 N–H and O–H groups in total. The van der Waals surface area contributed by atoms with Crippen molar-refractivity contribution in [2.24, 2.45) is 5.73 Å². The molecule has 1 aromatic heterocycles. The van der Waals surface area contributed by atoms with Crippen LogP contribution in [0.5, 0.6) is 0 Å². The van der Waals surface area contributed by atoms with Crippen LogP contribution >= 0.6 is 0 Å². The summed E-state index contributed by atoms with van der Waals surface area (Å²) in [6.07, 6.45) is 4.25. The fourth-order valence-electron chi connectivity index (χ4n) is 3.27. The van der Waals surface area contributed by atoms with Crippen molar-refractivity contribution in [2.75, 3.05) is 13.2 Å². The smallest absolute Gasteiger partial charge is 0.118 e. The van der Waals surface area contributed by atoms with Gasteiger partial charge in [0.2, 0.25) is 0 Å². The number of furan rings is 1. The van der Waals surface area contributed by atoms with Crippen molar-refractivity contribution >= 4 is 0 Å². The normalized spacial score (nSPS) is 28.6. The minimum Gasteiger partial charge on any atom is -0.465 e. The van der Waals surface area contributed by atoms with Gasteiger partial charge in [-0.3, -0.25) is 4.90 Å². The molecule has 2 atom stereocenters. The third-order valence-corrected chi connectivity index (χ3v) is 4.24. The van der Waals surface area contributed by atoms with Crippen LogP contribution in [0.2, 0.25) is 0 Å². The topological polar surface area (TPSA) is 51.6 Å². The van der Waals surface area contributed by atoms with Crippen molar-refractivity contribution in [3.05, 3.63) is 23.2 Å². The quantitative estimate of drug-likeness (QED) is 0.888. The van der Waals surface area contributed by atoms with Gasteiger partial charge in [0.15, 0.2) is 0 Å². The predicted molar refractivity (Wildman–Crippen MR) is 69.1 cm³/mol. The summed E-state index contributed by atoms with van der Waals surface area (Å²) in [5.41, 5.74) is 6.90. The summed E-state index contributed by atoms with van der Waals surface area (Å²) in [7, 11) is 0. The number of morpholine rings is 1. The summed E-state index contributed by atoms with van der Waals surface area (Å²) in [6.45, 7) is 5.38. The first-order chi connectivity index (χ1) is 8.78. The van der Waals surface area contributed by atoms with Crippen LogP contribution in [0.4, 0.5) is 0 Å². The molecule has 0 spiro atoms. The van der Waals surface area contributed by atoms with Crippen LogP contribution in [0.3, 0.4) is 0 Å². The zero-order valence-electron chi connectivity index (χ0n) is 11.0. The average molecular weight is 250 g/mol. The van der Waals surface area contributed by atoms with Gasteiger partial charge in [-0.25, -0.2) is 0 Å². The lowest BCUT2D eigenvalue weighted by molar-refractivity contribution is -0.0589. The standard InChI is InChI=1S/C14H22N2O2/c1-10-11(7-12(8-15)18-10)9-16-5-6-17-14-4-2-3-13(14)16/h7,13-14H,2-6,8-9,15H2,1H3. The highest BCUT2D eigenvalue weighted by Gasteiger charge is 2.36. The van der Waals surface area contributed by atoms with Gasteiger partial charge in [0, 0.05) is 24.7 Å². The summed E-state index contributed by atoms with van der Waals surface area (Å²) < 4.78 is 11.5. The van der Waals surface area contributed by atoms with E-state index in [1.54, 1.807) is 0 Å². The zero-order valence-corrected chi connectivity index (χ0v) is 11.0. The molecule has 2 aliphatic rings. The molecule has 0 bridgehead atoms. The molecule has 4 nitrogen and oxygen atoms in total. The van der Waals surface area contributed by atoms with Crippen molar-refractivity contribution in [1.82, 2.24) is 4.90 Å². The molecule has 1 saturated heterocycles. The molecular formula is C14H22N2O2. The lowest BCUT2D eigenvalue weighted by Crippen LogP contribution is -2.47. The number of rotatable bonds is 3. The molecule has 2 fully saturated rings. The van der Waals surface area contributed by atoms with Crippen molar-refractivity contribution in [3.63, 3.8) is 0 Å². The van der Waals surface area contributed by atoms with E-state index in [1.807, 2.05) is 6.92 Å². The summed E-state index contributed by atoms with van der Waals surface area (Å²) >= 11 is 0. The number of fused-ring (bicyclic) bond motifs is 1. The van der Waals surface area contributed by atoms with Crippen LogP contribution in [0, 0.1) is 6.92 Å². The van der Waals surface area contributed by atoms with Crippen LogP contribution in [0.25, 0.3) is 0 Å². The van der Waals surface area contributed by atoms with Crippen molar-refractivity contribution in [2.45, 2.75) is 51.4 Å². The van der Waals surface area contributed by atoms with Gasteiger partial charge in [-0.2, -0.15) is 0 Å². The number of hydrogen-bond acceptors (Lipinski definition) is 4. The molecule has 0 aromatic carbocycles. The highest BCUT2D eigenvalue weighted by atomic mass is 16.5. The molecule has 18 heavy (non-hydrogen) atoms. The molecule has 0 amide bonds. The maximum Gasteiger partial charge on any atom is 0.118 e. The van der Waals surface area contributed by atoms with E-state index in [2.05, 4.69) is 11.0 Å².